The van der Waals surface area contributed by atoms with Crippen molar-refractivity contribution in [1.29, 1.82) is 0 Å². The van der Waals surface area contributed by atoms with Crippen molar-refractivity contribution in [2.24, 2.45) is 5.41 Å². The molecule has 0 aliphatic rings. The lowest BCUT2D eigenvalue weighted by molar-refractivity contribution is -0.384. The number of rotatable bonds is 4. The maximum Gasteiger partial charge on any atom is 0.343 e. The third kappa shape index (κ3) is 4.87. The molecule has 0 radical (unpaired) electrons. The number of benzene rings is 2. The highest BCUT2D eigenvalue weighted by molar-refractivity contribution is 5.97. The van der Waals surface area contributed by atoms with Crippen LogP contribution in [0.25, 0.3) is 0 Å². The number of amides is 1. The molecule has 1 N–H and O–H groups in total. The summed E-state index contributed by atoms with van der Waals surface area (Å²) in [5, 5.41) is 13.4. The number of esters is 1. The molecule has 0 atom stereocenters. The van der Waals surface area contributed by atoms with Crippen molar-refractivity contribution in [2.45, 2.75) is 20.8 Å². The van der Waals surface area contributed by atoms with Crippen LogP contribution in [0.5, 0.6) is 5.75 Å². The average Bonchev–Trinajstić information content (AvgIpc) is 2.54. The van der Waals surface area contributed by atoms with Gasteiger partial charge in [0.15, 0.2) is 0 Å². The van der Waals surface area contributed by atoms with Crippen molar-refractivity contribution >= 4 is 23.3 Å². The van der Waals surface area contributed by atoms with E-state index in [0.29, 0.717) is 5.69 Å². The van der Waals surface area contributed by atoms with Crippen LogP contribution in [0, 0.1) is 15.5 Å². The number of nitro groups is 1. The molecule has 7 nitrogen and oxygen atoms in total. The Kier molecular flexibility index (Phi) is 5.17. The molecule has 0 saturated heterocycles. The van der Waals surface area contributed by atoms with E-state index in [1.165, 1.54) is 30.3 Å². The van der Waals surface area contributed by atoms with Gasteiger partial charge in [-0.25, -0.2) is 4.79 Å². The molecule has 7 heteroatoms. The van der Waals surface area contributed by atoms with Gasteiger partial charge in [0.25, 0.3) is 5.69 Å². The van der Waals surface area contributed by atoms with E-state index in [-0.39, 0.29) is 22.9 Å². The molecule has 0 aromatic heterocycles. The van der Waals surface area contributed by atoms with Crippen molar-refractivity contribution in [3.05, 3.63) is 64.2 Å². The zero-order valence-electron chi connectivity index (χ0n) is 14.1. The van der Waals surface area contributed by atoms with Gasteiger partial charge in [-0.1, -0.05) is 26.8 Å². The largest absolute Gasteiger partial charge is 0.423 e. The maximum absolute atomic E-state index is 12.2. The first-order chi connectivity index (χ1) is 11.7. The Hall–Kier alpha value is -3.22. The van der Waals surface area contributed by atoms with Crippen LogP contribution in [0.3, 0.4) is 0 Å². The van der Waals surface area contributed by atoms with E-state index in [1.54, 1.807) is 39.0 Å². The van der Waals surface area contributed by atoms with Gasteiger partial charge in [0.1, 0.15) is 5.75 Å². The summed E-state index contributed by atoms with van der Waals surface area (Å²) >= 11 is 0. The molecule has 2 aromatic rings. The number of hydrogen-bond acceptors (Lipinski definition) is 5. The normalized spacial score (nSPS) is 10.8. The Morgan fingerprint density at radius 2 is 1.72 bits per heavy atom. The van der Waals surface area contributed by atoms with E-state index < -0.39 is 16.3 Å². The SMILES string of the molecule is CC(C)(C)C(=O)Nc1cccc(C(=O)Oc2ccc([N+](=O)[O-])cc2)c1. The summed E-state index contributed by atoms with van der Waals surface area (Å²) in [4.78, 5) is 34.3. The smallest absolute Gasteiger partial charge is 0.343 e. The van der Waals surface area contributed by atoms with Crippen LogP contribution in [0.4, 0.5) is 11.4 Å². The minimum atomic E-state index is -0.624. The van der Waals surface area contributed by atoms with Crippen molar-refractivity contribution in [3.63, 3.8) is 0 Å². The van der Waals surface area contributed by atoms with Crippen molar-refractivity contribution in [2.75, 3.05) is 5.32 Å². The summed E-state index contributed by atoms with van der Waals surface area (Å²) in [6, 6.07) is 11.6. The molecule has 0 fully saturated rings. The molecule has 0 saturated carbocycles. The number of nitro benzene ring substituents is 1. The standard InChI is InChI=1S/C18H18N2O5/c1-18(2,3)17(22)19-13-6-4-5-12(11-13)16(21)25-15-9-7-14(8-10-15)20(23)24/h4-11H,1-3H3,(H,19,22). The lowest BCUT2D eigenvalue weighted by Crippen LogP contribution is -2.27. The topological polar surface area (TPSA) is 98.5 Å². The van der Waals surface area contributed by atoms with E-state index >= 15 is 0 Å². The molecule has 0 spiro atoms. The molecule has 130 valence electrons. The monoisotopic (exact) mass is 342 g/mol. The lowest BCUT2D eigenvalue weighted by Gasteiger charge is -2.17. The van der Waals surface area contributed by atoms with Crippen molar-refractivity contribution in [3.8, 4) is 5.75 Å². The molecular formula is C18H18N2O5. The first kappa shape index (κ1) is 18.1. The summed E-state index contributed by atoms with van der Waals surface area (Å²) in [6.45, 7) is 5.36. The van der Waals surface area contributed by atoms with Crippen LogP contribution in [0.1, 0.15) is 31.1 Å². The lowest BCUT2D eigenvalue weighted by atomic mass is 9.95. The van der Waals surface area contributed by atoms with Gasteiger partial charge in [-0.15, -0.1) is 0 Å². The van der Waals surface area contributed by atoms with Crippen LogP contribution in [0.15, 0.2) is 48.5 Å². The molecule has 0 bridgehead atoms. The number of non-ortho nitro benzene ring substituents is 1. The Labute approximate surface area is 144 Å². The molecule has 0 heterocycles. The summed E-state index contributed by atoms with van der Waals surface area (Å²) < 4.78 is 5.19. The van der Waals surface area contributed by atoms with Crippen LogP contribution < -0.4 is 10.1 Å². The number of ether oxygens (including phenoxy) is 1. The number of nitrogens with zero attached hydrogens (tertiary/aromatic N) is 1. The van der Waals surface area contributed by atoms with Crippen LogP contribution in [-0.2, 0) is 4.79 Å². The van der Waals surface area contributed by atoms with Gasteiger partial charge in [0.2, 0.25) is 5.91 Å². The quantitative estimate of drug-likeness (QED) is 0.394. The minimum Gasteiger partial charge on any atom is -0.423 e. The zero-order valence-corrected chi connectivity index (χ0v) is 14.1. The number of anilines is 1. The number of carbonyl (C=O) groups excluding carboxylic acids is 2. The summed E-state index contributed by atoms with van der Waals surface area (Å²) in [5.41, 5.74) is 0.0877. The average molecular weight is 342 g/mol. The van der Waals surface area contributed by atoms with Gasteiger partial charge in [-0.2, -0.15) is 0 Å². The third-order valence-electron chi connectivity index (χ3n) is 3.30. The second-order valence-corrected chi connectivity index (χ2v) is 6.43. The highest BCUT2D eigenvalue weighted by Crippen LogP contribution is 2.21. The van der Waals surface area contributed by atoms with Gasteiger partial charge >= 0.3 is 5.97 Å². The number of hydrogen-bond donors (Lipinski definition) is 1. The van der Waals surface area contributed by atoms with E-state index in [4.69, 9.17) is 4.74 Å². The van der Waals surface area contributed by atoms with Crippen LogP contribution >= 0.6 is 0 Å². The van der Waals surface area contributed by atoms with Gasteiger partial charge in [-0.3, -0.25) is 14.9 Å². The van der Waals surface area contributed by atoms with E-state index in [2.05, 4.69) is 5.32 Å². The molecular weight excluding hydrogens is 324 g/mol. The van der Waals surface area contributed by atoms with Gasteiger partial charge < -0.3 is 10.1 Å². The predicted octanol–water partition coefficient (Wildman–Crippen LogP) is 3.80. The maximum atomic E-state index is 12.2. The van der Waals surface area contributed by atoms with Gasteiger partial charge in [-0.05, 0) is 30.3 Å². The molecule has 0 aliphatic carbocycles. The first-order valence-corrected chi connectivity index (χ1v) is 7.55. The fourth-order valence-corrected chi connectivity index (χ4v) is 1.84. The second-order valence-electron chi connectivity index (χ2n) is 6.43. The highest BCUT2D eigenvalue weighted by Gasteiger charge is 2.21. The van der Waals surface area contributed by atoms with E-state index in [9.17, 15) is 19.7 Å². The Bertz CT molecular complexity index is 807. The Morgan fingerprint density at radius 3 is 2.28 bits per heavy atom. The molecule has 2 aromatic carbocycles. The number of nitrogens with one attached hydrogen (secondary N) is 1. The third-order valence-corrected chi connectivity index (χ3v) is 3.30. The fourth-order valence-electron chi connectivity index (χ4n) is 1.84. The molecule has 1 amide bonds. The van der Waals surface area contributed by atoms with Gasteiger partial charge in [0, 0.05) is 23.2 Å². The minimum absolute atomic E-state index is 0.0910. The van der Waals surface area contributed by atoms with Crippen LogP contribution in [0.2, 0.25) is 0 Å². The van der Waals surface area contributed by atoms with Gasteiger partial charge in [0.05, 0.1) is 10.5 Å². The summed E-state index contributed by atoms with van der Waals surface area (Å²) in [7, 11) is 0. The molecule has 0 unspecified atom stereocenters. The summed E-state index contributed by atoms with van der Waals surface area (Å²) in [6.07, 6.45) is 0. The van der Waals surface area contributed by atoms with E-state index in [1.807, 2.05) is 0 Å². The fraction of sp³-hybridized carbons (Fsp3) is 0.222. The molecule has 25 heavy (non-hydrogen) atoms. The Morgan fingerprint density at radius 1 is 1.08 bits per heavy atom. The Balaban J connectivity index is 2.10. The van der Waals surface area contributed by atoms with Crippen LogP contribution in [-0.4, -0.2) is 16.8 Å². The highest BCUT2D eigenvalue weighted by atomic mass is 16.6. The van der Waals surface area contributed by atoms with E-state index in [0.717, 1.165) is 0 Å². The first-order valence-electron chi connectivity index (χ1n) is 7.55. The number of carbonyl (C=O) groups is 2. The molecule has 0 aliphatic heterocycles. The summed E-state index contributed by atoms with van der Waals surface area (Å²) in [5.74, 6) is -0.603. The van der Waals surface area contributed by atoms with Crippen molar-refractivity contribution in [1.82, 2.24) is 0 Å². The zero-order chi connectivity index (χ0) is 18.6. The predicted molar refractivity (Wildman–Crippen MR) is 92.6 cm³/mol. The van der Waals surface area contributed by atoms with Crippen molar-refractivity contribution < 1.29 is 19.2 Å². The second kappa shape index (κ2) is 7.12. The molecule has 2 rings (SSSR count).